The fourth-order valence-corrected chi connectivity index (χ4v) is 3.97. The van der Waals surface area contributed by atoms with E-state index in [2.05, 4.69) is 39.9 Å². The van der Waals surface area contributed by atoms with Crippen molar-refractivity contribution in [1.29, 1.82) is 0 Å². The zero-order valence-corrected chi connectivity index (χ0v) is 19.6. The highest BCUT2D eigenvalue weighted by atomic mass is 127. The molecule has 1 atom stereocenters. The highest BCUT2D eigenvalue weighted by Crippen LogP contribution is 2.32. The standard InChI is InChI=1S/C23H28N4O2.HI/c1-24-23(26-16-18-12-14-29-21-6-3-2-5-20(18)21)25-15-17-8-10-19(11-9-17)27-13-4-7-22(27)28;/h2-3,5-6,8-11,18H,4,7,12-16H2,1H3,(H2,24,25,26);1H. The number of carbonyl (C=O) groups is 1. The molecular weight excluding hydrogens is 491 g/mol. The van der Waals surface area contributed by atoms with E-state index in [1.54, 1.807) is 7.05 Å². The van der Waals surface area contributed by atoms with Crippen molar-refractivity contribution in [3.8, 4) is 5.75 Å². The molecule has 2 aromatic rings. The molecule has 0 spiro atoms. The number of nitrogens with zero attached hydrogens (tertiary/aromatic N) is 2. The van der Waals surface area contributed by atoms with Gasteiger partial charge in [0.2, 0.25) is 5.91 Å². The van der Waals surface area contributed by atoms with Gasteiger partial charge in [-0.05, 0) is 42.2 Å². The van der Waals surface area contributed by atoms with Crippen LogP contribution >= 0.6 is 24.0 Å². The van der Waals surface area contributed by atoms with E-state index >= 15 is 0 Å². The van der Waals surface area contributed by atoms with E-state index in [1.807, 2.05) is 29.2 Å². The number of nitrogens with one attached hydrogen (secondary N) is 2. The van der Waals surface area contributed by atoms with Gasteiger partial charge in [0.1, 0.15) is 5.75 Å². The summed E-state index contributed by atoms with van der Waals surface area (Å²) in [5, 5.41) is 6.82. The minimum atomic E-state index is 0. The Labute approximate surface area is 195 Å². The van der Waals surface area contributed by atoms with Gasteiger partial charge in [0.25, 0.3) is 0 Å². The molecule has 2 aliphatic heterocycles. The number of carbonyl (C=O) groups excluding carboxylic acids is 1. The van der Waals surface area contributed by atoms with Crippen LogP contribution in [-0.4, -0.2) is 38.6 Å². The summed E-state index contributed by atoms with van der Waals surface area (Å²) in [6.45, 7) is 3.07. The second kappa shape index (κ2) is 10.7. The van der Waals surface area contributed by atoms with Gasteiger partial charge in [0, 0.05) is 44.7 Å². The molecule has 6 nitrogen and oxygen atoms in total. The van der Waals surface area contributed by atoms with Crippen molar-refractivity contribution < 1.29 is 9.53 Å². The van der Waals surface area contributed by atoms with Gasteiger partial charge >= 0.3 is 0 Å². The number of ether oxygens (including phenoxy) is 1. The highest BCUT2D eigenvalue weighted by Gasteiger charge is 2.22. The van der Waals surface area contributed by atoms with Crippen LogP contribution in [0.2, 0.25) is 0 Å². The number of fused-ring (bicyclic) bond motifs is 1. The molecule has 2 aliphatic rings. The predicted molar refractivity (Wildman–Crippen MR) is 131 cm³/mol. The van der Waals surface area contributed by atoms with E-state index in [0.29, 0.717) is 18.9 Å². The van der Waals surface area contributed by atoms with Crippen LogP contribution in [0.5, 0.6) is 5.75 Å². The first-order valence-electron chi connectivity index (χ1n) is 10.3. The third-order valence-electron chi connectivity index (χ3n) is 5.60. The van der Waals surface area contributed by atoms with Crippen LogP contribution in [0.3, 0.4) is 0 Å². The maximum Gasteiger partial charge on any atom is 0.227 e. The van der Waals surface area contributed by atoms with Crippen LogP contribution in [0, 0.1) is 0 Å². The average Bonchev–Trinajstić information content (AvgIpc) is 3.20. The van der Waals surface area contributed by atoms with Gasteiger partial charge in [0.05, 0.1) is 6.61 Å². The topological polar surface area (TPSA) is 66.0 Å². The molecule has 1 amide bonds. The van der Waals surface area contributed by atoms with E-state index in [4.69, 9.17) is 4.74 Å². The van der Waals surface area contributed by atoms with Crippen molar-refractivity contribution in [1.82, 2.24) is 10.6 Å². The van der Waals surface area contributed by atoms with E-state index in [-0.39, 0.29) is 29.9 Å². The smallest absolute Gasteiger partial charge is 0.227 e. The second-order valence-corrected chi connectivity index (χ2v) is 7.49. The highest BCUT2D eigenvalue weighted by molar-refractivity contribution is 14.0. The Kier molecular flexibility index (Phi) is 7.95. The summed E-state index contributed by atoms with van der Waals surface area (Å²) < 4.78 is 5.75. The lowest BCUT2D eigenvalue weighted by atomic mass is 9.93. The number of amides is 1. The second-order valence-electron chi connectivity index (χ2n) is 7.49. The third kappa shape index (κ3) is 5.24. The number of halogens is 1. The predicted octanol–water partition coefficient (Wildman–Crippen LogP) is 3.66. The summed E-state index contributed by atoms with van der Waals surface area (Å²) in [6, 6.07) is 16.4. The van der Waals surface area contributed by atoms with Crippen LogP contribution in [0.1, 0.15) is 36.3 Å². The largest absolute Gasteiger partial charge is 0.493 e. The lowest BCUT2D eigenvalue weighted by Gasteiger charge is -2.26. The van der Waals surface area contributed by atoms with Crippen LogP contribution in [0.25, 0.3) is 0 Å². The fourth-order valence-electron chi connectivity index (χ4n) is 3.97. The van der Waals surface area contributed by atoms with Gasteiger partial charge in [-0.25, -0.2) is 0 Å². The summed E-state index contributed by atoms with van der Waals surface area (Å²) in [6.07, 6.45) is 2.60. The maximum atomic E-state index is 11.9. The zero-order valence-electron chi connectivity index (χ0n) is 17.3. The normalized spacial score (nSPS) is 18.3. The first kappa shape index (κ1) is 22.4. The number of para-hydroxylation sites is 1. The Bertz CT molecular complexity index is 885. The first-order valence-corrected chi connectivity index (χ1v) is 10.3. The molecular formula is C23H29IN4O2. The molecule has 0 aliphatic carbocycles. The monoisotopic (exact) mass is 520 g/mol. The molecule has 7 heteroatoms. The van der Waals surface area contributed by atoms with Crippen molar-refractivity contribution in [2.75, 3.05) is 31.6 Å². The number of hydrogen-bond acceptors (Lipinski definition) is 3. The quantitative estimate of drug-likeness (QED) is 0.359. The Morgan fingerprint density at radius 1 is 1.17 bits per heavy atom. The summed E-state index contributed by atoms with van der Waals surface area (Å²) in [4.78, 5) is 18.1. The molecule has 2 heterocycles. The Morgan fingerprint density at radius 2 is 1.97 bits per heavy atom. The summed E-state index contributed by atoms with van der Waals surface area (Å²) >= 11 is 0. The number of hydrogen-bond donors (Lipinski definition) is 2. The molecule has 4 rings (SSSR count). The molecule has 0 saturated carbocycles. The van der Waals surface area contributed by atoms with Crippen molar-refractivity contribution >= 4 is 41.5 Å². The summed E-state index contributed by atoms with van der Waals surface area (Å²) in [5.74, 6) is 2.41. The molecule has 1 saturated heterocycles. The van der Waals surface area contributed by atoms with Gasteiger partial charge in [-0.3, -0.25) is 9.79 Å². The maximum absolute atomic E-state index is 11.9. The van der Waals surface area contributed by atoms with Crippen LogP contribution in [-0.2, 0) is 11.3 Å². The first-order chi connectivity index (χ1) is 14.2. The lowest BCUT2D eigenvalue weighted by Crippen LogP contribution is -2.39. The van der Waals surface area contributed by atoms with Crippen LogP contribution in [0.15, 0.2) is 53.5 Å². The van der Waals surface area contributed by atoms with Crippen molar-refractivity contribution in [3.05, 3.63) is 59.7 Å². The zero-order chi connectivity index (χ0) is 20.1. The Balaban J connectivity index is 0.00000256. The molecule has 2 aromatic carbocycles. The molecule has 0 radical (unpaired) electrons. The molecule has 1 unspecified atom stereocenters. The van der Waals surface area contributed by atoms with Gasteiger partial charge in [-0.2, -0.15) is 0 Å². The lowest BCUT2D eigenvalue weighted by molar-refractivity contribution is -0.117. The molecule has 0 aromatic heterocycles. The number of aliphatic imine (C=N–C) groups is 1. The van der Waals surface area contributed by atoms with E-state index < -0.39 is 0 Å². The van der Waals surface area contributed by atoms with Crippen molar-refractivity contribution in [2.45, 2.75) is 31.7 Å². The number of guanidine groups is 1. The van der Waals surface area contributed by atoms with Crippen LogP contribution in [0.4, 0.5) is 5.69 Å². The third-order valence-corrected chi connectivity index (χ3v) is 5.60. The van der Waals surface area contributed by atoms with E-state index in [1.165, 1.54) is 5.56 Å². The number of benzene rings is 2. The van der Waals surface area contributed by atoms with E-state index in [9.17, 15) is 4.79 Å². The minimum Gasteiger partial charge on any atom is -0.493 e. The Hall–Kier alpha value is -2.29. The fraction of sp³-hybridized carbons (Fsp3) is 0.391. The van der Waals surface area contributed by atoms with Gasteiger partial charge in [-0.15, -0.1) is 24.0 Å². The van der Waals surface area contributed by atoms with Crippen molar-refractivity contribution in [2.24, 2.45) is 4.99 Å². The van der Waals surface area contributed by atoms with Crippen molar-refractivity contribution in [3.63, 3.8) is 0 Å². The van der Waals surface area contributed by atoms with Gasteiger partial charge in [0.15, 0.2) is 5.96 Å². The average molecular weight is 520 g/mol. The molecule has 0 bridgehead atoms. The van der Waals surface area contributed by atoms with Crippen LogP contribution < -0.4 is 20.3 Å². The molecule has 160 valence electrons. The SMILES string of the molecule is CN=C(NCc1ccc(N2CCCC2=O)cc1)NCC1CCOc2ccccc21.I. The number of rotatable bonds is 5. The van der Waals surface area contributed by atoms with Gasteiger partial charge in [-0.1, -0.05) is 30.3 Å². The molecule has 1 fully saturated rings. The summed E-state index contributed by atoms with van der Waals surface area (Å²) in [5.41, 5.74) is 3.39. The van der Waals surface area contributed by atoms with E-state index in [0.717, 1.165) is 55.5 Å². The molecule has 30 heavy (non-hydrogen) atoms. The molecule has 2 N–H and O–H groups in total. The Morgan fingerprint density at radius 3 is 2.70 bits per heavy atom. The minimum absolute atomic E-state index is 0. The summed E-state index contributed by atoms with van der Waals surface area (Å²) in [7, 11) is 1.79. The van der Waals surface area contributed by atoms with Gasteiger partial charge < -0.3 is 20.3 Å². The number of anilines is 1.